The van der Waals surface area contributed by atoms with Gasteiger partial charge in [-0.2, -0.15) is 0 Å². The summed E-state index contributed by atoms with van der Waals surface area (Å²) in [5.41, 5.74) is 3.45. The smallest absolute Gasteiger partial charge is 0.0708 e. The third-order valence-corrected chi connectivity index (χ3v) is 3.77. The maximum Gasteiger partial charge on any atom is 0.0708 e. The van der Waals surface area contributed by atoms with Crippen LogP contribution in [0.2, 0.25) is 0 Å². The van der Waals surface area contributed by atoms with Gasteiger partial charge in [0.25, 0.3) is 0 Å². The van der Waals surface area contributed by atoms with Gasteiger partial charge in [-0.05, 0) is 38.6 Å². The Balaban J connectivity index is 2.38. The summed E-state index contributed by atoms with van der Waals surface area (Å²) in [6.45, 7) is 5.09. The summed E-state index contributed by atoms with van der Waals surface area (Å²) in [7, 11) is 2.11. The Morgan fingerprint density at radius 1 is 1.33 bits per heavy atom. The quantitative estimate of drug-likeness (QED) is 0.783. The number of aromatic nitrogens is 1. The molecule has 0 aliphatic heterocycles. The van der Waals surface area contributed by atoms with Gasteiger partial charge in [-0.3, -0.25) is 9.88 Å². The molecule has 0 N–H and O–H groups in total. The number of halogens is 1. The molecule has 0 spiro atoms. The number of para-hydroxylation sites is 1. The molecule has 3 heteroatoms. The van der Waals surface area contributed by atoms with Crippen LogP contribution in [-0.4, -0.2) is 28.9 Å². The van der Waals surface area contributed by atoms with Crippen molar-refractivity contribution in [3.8, 4) is 0 Å². The number of fused-ring (bicyclic) bond motifs is 1. The Kier molecular flexibility index (Phi) is 4.20. The van der Waals surface area contributed by atoms with E-state index in [2.05, 4.69) is 48.1 Å². The number of aryl methyl sites for hydroxylation is 1. The molecule has 0 amide bonds. The molecule has 0 aliphatic carbocycles. The summed E-state index contributed by atoms with van der Waals surface area (Å²) < 4.78 is 0. The summed E-state index contributed by atoms with van der Waals surface area (Å²) in [6, 6.07) is 10.8. The summed E-state index contributed by atoms with van der Waals surface area (Å²) in [5, 5.41) is 1.23. The SMILES string of the molecule is Cc1cc(CN(C)C(C)CCl)c2ccccc2n1. The van der Waals surface area contributed by atoms with Crippen LogP contribution in [0.5, 0.6) is 0 Å². The van der Waals surface area contributed by atoms with Gasteiger partial charge in [0, 0.05) is 29.5 Å². The van der Waals surface area contributed by atoms with Crippen LogP contribution in [0, 0.1) is 6.92 Å². The minimum atomic E-state index is 0.374. The maximum atomic E-state index is 5.91. The van der Waals surface area contributed by atoms with Crippen molar-refractivity contribution in [2.75, 3.05) is 12.9 Å². The molecule has 0 bridgehead atoms. The van der Waals surface area contributed by atoms with Crippen LogP contribution in [0.25, 0.3) is 10.9 Å². The molecule has 2 aromatic rings. The van der Waals surface area contributed by atoms with E-state index in [4.69, 9.17) is 11.6 Å². The van der Waals surface area contributed by atoms with Crippen LogP contribution >= 0.6 is 11.6 Å². The minimum absolute atomic E-state index is 0.374. The zero-order valence-corrected chi connectivity index (χ0v) is 11.9. The first-order valence-corrected chi connectivity index (χ1v) is 6.76. The van der Waals surface area contributed by atoms with E-state index in [0.29, 0.717) is 11.9 Å². The van der Waals surface area contributed by atoms with E-state index < -0.39 is 0 Å². The van der Waals surface area contributed by atoms with Crippen molar-refractivity contribution in [2.45, 2.75) is 26.4 Å². The fourth-order valence-electron chi connectivity index (χ4n) is 2.07. The number of nitrogens with zero attached hydrogens (tertiary/aromatic N) is 2. The zero-order valence-electron chi connectivity index (χ0n) is 11.2. The number of hydrogen-bond donors (Lipinski definition) is 0. The van der Waals surface area contributed by atoms with Gasteiger partial charge in [-0.1, -0.05) is 18.2 Å². The van der Waals surface area contributed by atoms with Gasteiger partial charge < -0.3 is 0 Å². The average Bonchev–Trinajstić information content (AvgIpc) is 2.37. The molecule has 2 rings (SSSR count). The Labute approximate surface area is 114 Å². The van der Waals surface area contributed by atoms with E-state index in [0.717, 1.165) is 17.8 Å². The van der Waals surface area contributed by atoms with Gasteiger partial charge in [0.15, 0.2) is 0 Å². The van der Waals surface area contributed by atoms with E-state index in [1.165, 1.54) is 10.9 Å². The van der Waals surface area contributed by atoms with Crippen LogP contribution in [0.1, 0.15) is 18.2 Å². The van der Waals surface area contributed by atoms with Crippen molar-refractivity contribution in [3.05, 3.63) is 41.6 Å². The number of alkyl halides is 1. The molecule has 0 fully saturated rings. The van der Waals surface area contributed by atoms with E-state index in [1.807, 2.05) is 13.0 Å². The zero-order chi connectivity index (χ0) is 13.1. The van der Waals surface area contributed by atoms with Gasteiger partial charge in [0.05, 0.1) is 5.52 Å². The van der Waals surface area contributed by atoms with Gasteiger partial charge >= 0.3 is 0 Å². The molecular weight excluding hydrogens is 244 g/mol. The fourth-order valence-corrected chi connectivity index (χ4v) is 2.30. The molecule has 1 heterocycles. The highest BCUT2D eigenvalue weighted by Crippen LogP contribution is 2.20. The van der Waals surface area contributed by atoms with Crippen LogP contribution in [-0.2, 0) is 6.54 Å². The highest BCUT2D eigenvalue weighted by molar-refractivity contribution is 6.18. The lowest BCUT2D eigenvalue weighted by atomic mass is 10.1. The standard InChI is InChI=1S/C15H19ClN2/c1-11-8-13(10-18(3)12(2)9-16)14-6-4-5-7-15(14)17-11/h4-8,12H,9-10H2,1-3H3. The molecule has 0 saturated carbocycles. The molecule has 2 nitrogen and oxygen atoms in total. The second-order valence-electron chi connectivity index (χ2n) is 4.86. The molecule has 0 saturated heterocycles. The van der Waals surface area contributed by atoms with Crippen molar-refractivity contribution in [1.29, 1.82) is 0 Å². The van der Waals surface area contributed by atoms with Crippen LogP contribution in [0.15, 0.2) is 30.3 Å². The van der Waals surface area contributed by atoms with E-state index in [-0.39, 0.29) is 0 Å². The van der Waals surface area contributed by atoms with Crippen LogP contribution in [0.4, 0.5) is 0 Å². The molecule has 0 aliphatic rings. The Morgan fingerprint density at radius 2 is 2.06 bits per heavy atom. The average molecular weight is 263 g/mol. The summed E-state index contributed by atoms with van der Waals surface area (Å²) >= 11 is 5.91. The minimum Gasteiger partial charge on any atom is -0.298 e. The summed E-state index contributed by atoms with van der Waals surface area (Å²) in [6.07, 6.45) is 0. The predicted octanol–water partition coefficient (Wildman–Crippen LogP) is 3.60. The Hall–Kier alpha value is -1.12. The maximum absolute atomic E-state index is 5.91. The topological polar surface area (TPSA) is 16.1 Å². The van der Waals surface area contributed by atoms with Crippen molar-refractivity contribution in [3.63, 3.8) is 0 Å². The second kappa shape index (κ2) is 5.68. The van der Waals surface area contributed by atoms with E-state index in [9.17, 15) is 0 Å². The molecule has 1 aromatic heterocycles. The van der Waals surface area contributed by atoms with Gasteiger partial charge in [-0.25, -0.2) is 0 Å². The Morgan fingerprint density at radius 3 is 2.78 bits per heavy atom. The largest absolute Gasteiger partial charge is 0.298 e. The molecular formula is C15H19ClN2. The number of pyridine rings is 1. The highest BCUT2D eigenvalue weighted by Gasteiger charge is 2.11. The first kappa shape index (κ1) is 13.3. The van der Waals surface area contributed by atoms with Crippen LogP contribution in [0.3, 0.4) is 0 Å². The number of benzene rings is 1. The van der Waals surface area contributed by atoms with Crippen molar-refractivity contribution < 1.29 is 0 Å². The molecule has 96 valence electrons. The normalized spacial score (nSPS) is 13.2. The van der Waals surface area contributed by atoms with Gasteiger partial charge in [0.1, 0.15) is 0 Å². The van der Waals surface area contributed by atoms with E-state index in [1.54, 1.807) is 0 Å². The summed E-state index contributed by atoms with van der Waals surface area (Å²) in [4.78, 5) is 6.84. The third kappa shape index (κ3) is 2.82. The van der Waals surface area contributed by atoms with Crippen LogP contribution < -0.4 is 0 Å². The molecule has 0 radical (unpaired) electrons. The van der Waals surface area contributed by atoms with Gasteiger partial charge in [-0.15, -0.1) is 11.6 Å². The highest BCUT2D eigenvalue weighted by atomic mass is 35.5. The van der Waals surface area contributed by atoms with E-state index >= 15 is 0 Å². The van der Waals surface area contributed by atoms with Gasteiger partial charge in [0.2, 0.25) is 0 Å². The molecule has 1 aromatic carbocycles. The summed E-state index contributed by atoms with van der Waals surface area (Å²) in [5.74, 6) is 0.651. The third-order valence-electron chi connectivity index (χ3n) is 3.33. The fraction of sp³-hybridized carbons (Fsp3) is 0.400. The number of rotatable bonds is 4. The van der Waals surface area contributed by atoms with Crippen molar-refractivity contribution in [2.24, 2.45) is 0 Å². The van der Waals surface area contributed by atoms with Crippen molar-refractivity contribution in [1.82, 2.24) is 9.88 Å². The molecule has 18 heavy (non-hydrogen) atoms. The first-order chi connectivity index (χ1) is 8.61. The lowest BCUT2D eigenvalue weighted by Crippen LogP contribution is -2.29. The molecule has 1 unspecified atom stereocenters. The lowest BCUT2D eigenvalue weighted by molar-refractivity contribution is 0.269. The monoisotopic (exact) mass is 262 g/mol. The van der Waals surface area contributed by atoms with Crippen molar-refractivity contribution >= 4 is 22.5 Å². The molecule has 1 atom stereocenters. The lowest BCUT2D eigenvalue weighted by Gasteiger charge is -2.23. The Bertz CT molecular complexity index is 539. The second-order valence-corrected chi connectivity index (χ2v) is 5.17. The first-order valence-electron chi connectivity index (χ1n) is 6.23. The predicted molar refractivity (Wildman–Crippen MR) is 78.1 cm³/mol. The number of hydrogen-bond acceptors (Lipinski definition) is 2.